The lowest BCUT2D eigenvalue weighted by Gasteiger charge is -2.14. The summed E-state index contributed by atoms with van der Waals surface area (Å²) in [6, 6.07) is 5.30. The smallest absolute Gasteiger partial charge is 0.228 e. The predicted molar refractivity (Wildman–Crippen MR) is 82.1 cm³/mol. The van der Waals surface area contributed by atoms with Gasteiger partial charge in [0.25, 0.3) is 0 Å². The zero-order valence-corrected chi connectivity index (χ0v) is 13.1. The van der Waals surface area contributed by atoms with Crippen molar-refractivity contribution in [1.82, 2.24) is 5.32 Å². The number of rotatable bonds is 9. The molecule has 118 valence electrons. The number of methoxy groups -OCH3 is 2. The third kappa shape index (κ3) is 5.61. The van der Waals surface area contributed by atoms with Crippen LogP contribution in [0.3, 0.4) is 0 Å². The van der Waals surface area contributed by atoms with E-state index in [1.807, 2.05) is 14.0 Å². The Balaban J connectivity index is 2.74. The van der Waals surface area contributed by atoms with Gasteiger partial charge in [-0.15, -0.1) is 0 Å². The van der Waals surface area contributed by atoms with E-state index in [4.69, 9.17) is 14.2 Å². The van der Waals surface area contributed by atoms with E-state index in [-0.39, 0.29) is 11.8 Å². The molecule has 2 N–H and O–H groups in total. The summed E-state index contributed by atoms with van der Waals surface area (Å²) in [6.45, 7) is 3.39. The van der Waals surface area contributed by atoms with Crippen molar-refractivity contribution in [3.63, 3.8) is 0 Å². The molecule has 1 aromatic carbocycles. The first kappa shape index (κ1) is 17.3. The predicted octanol–water partition coefficient (Wildman–Crippen LogP) is 1.51. The molecule has 0 saturated heterocycles. The Hall–Kier alpha value is -1.79. The standard InChI is InChI=1S/C15H24N2O4/c1-11(10-16-2)15(18)17-12-5-6-13(20-4)14(9-12)21-8-7-19-3/h5-6,9,11,16H,7-8,10H2,1-4H3,(H,17,18). The summed E-state index contributed by atoms with van der Waals surface area (Å²) in [5.41, 5.74) is 0.677. The molecule has 0 radical (unpaired) electrons. The van der Waals surface area contributed by atoms with Gasteiger partial charge in [-0.2, -0.15) is 0 Å². The van der Waals surface area contributed by atoms with Gasteiger partial charge in [0.2, 0.25) is 5.91 Å². The van der Waals surface area contributed by atoms with E-state index in [0.717, 1.165) is 0 Å². The van der Waals surface area contributed by atoms with Crippen LogP contribution in [0.1, 0.15) is 6.92 Å². The molecule has 0 aliphatic rings. The second-order valence-corrected chi connectivity index (χ2v) is 4.65. The number of benzene rings is 1. The summed E-state index contributed by atoms with van der Waals surface area (Å²) in [6.07, 6.45) is 0. The quantitative estimate of drug-likeness (QED) is 0.676. The first-order valence-electron chi connectivity index (χ1n) is 6.87. The normalized spacial score (nSPS) is 11.8. The van der Waals surface area contributed by atoms with Gasteiger partial charge < -0.3 is 24.8 Å². The molecule has 1 aromatic rings. The second kappa shape index (κ2) is 9.20. The lowest BCUT2D eigenvalue weighted by Crippen LogP contribution is -2.28. The van der Waals surface area contributed by atoms with Crippen molar-refractivity contribution in [2.45, 2.75) is 6.92 Å². The van der Waals surface area contributed by atoms with E-state index in [0.29, 0.717) is 36.9 Å². The number of ether oxygens (including phenoxy) is 3. The molecule has 0 aromatic heterocycles. The van der Waals surface area contributed by atoms with Crippen molar-refractivity contribution in [2.75, 3.05) is 46.3 Å². The maximum absolute atomic E-state index is 12.0. The number of hydrogen-bond acceptors (Lipinski definition) is 5. The number of anilines is 1. The molecule has 6 heteroatoms. The molecule has 1 rings (SSSR count). The van der Waals surface area contributed by atoms with Gasteiger partial charge in [0.1, 0.15) is 6.61 Å². The Kier molecular flexibility index (Phi) is 7.56. The van der Waals surface area contributed by atoms with Crippen LogP contribution in [0.25, 0.3) is 0 Å². The van der Waals surface area contributed by atoms with E-state index >= 15 is 0 Å². The van der Waals surface area contributed by atoms with E-state index in [1.165, 1.54) is 0 Å². The minimum atomic E-state index is -0.116. The highest BCUT2D eigenvalue weighted by Gasteiger charge is 2.13. The number of nitrogens with one attached hydrogen (secondary N) is 2. The largest absolute Gasteiger partial charge is 0.493 e. The topological polar surface area (TPSA) is 68.8 Å². The van der Waals surface area contributed by atoms with Crippen LogP contribution < -0.4 is 20.1 Å². The van der Waals surface area contributed by atoms with Gasteiger partial charge in [0.05, 0.1) is 13.7 Å². The minimum Gasteiger partial charge on any atom is -0.493 e. The fraction of sp³-hybridized carbons (Fsp3) is 0.533. The Morgan fingerprint density at radius 2 is 2.00 bits per heavy atom. The summed E-state index contributed by atoms with van der Waals surface area (Å²) in [5, 5.41) is 5.84. The van der Waals surface area contributed by atoms with Crippen molar-refractivity contribution in [3.8, 4) is 11.5 Å². The molecule has 1 unspecified atom stereocenters. The third-order valence-corrected chi connectivity index (χ3v) is 2.93. The summed E-state index contributed by atoms with van der Waals surface area (Å²) in [7, 11) is 5.01. The molecule has 21 heavy (non-hydrogen) atoms. The van der Waals surface area contributed by atoms with Crippen molar-refractivity contribution in [2.24, 2.45) is 5.92 Å². The van der Waals surface area contributed by atoms with E-state index in [9.17, 15) is 4.79 Å². The van der Waals surface area contributed by atoms with Crippen molar-refractivity contribution < 1.29 is 19.0 Å². The Labute approximate surface area is 125 Å². The van der Waals surface area contributed by atoms with Crippen LogP contribution in [0.15, 0.2) is 18.2 Å². The second-order valence-electron chi connectivity index (χ2n) is 4.65. The summed E-state index contributed by atoms with van der Waals surface area (Å²) >= 11 is 0. The lowest BCUT2D eigenvalue weighted by atomic mass is 10.1. The van der Waals surface area contributed by atoms with Crippen LogP contribution in [-0.2, 0) is 9.53 Å². The first-order valence-corrected chi connectivity index (χ1v) is 6.87. The van der Waals surface area contributed by atoms with Crippen LogP contribution in [0, 0.1) is 5.92 Å². The summed E-state index contributed by atoms with van der Waals surface area (Å²) < 4.78 is 15.8. The van der Waals surface area contributed by atoms with E-state index in [1.54, 1.807) is 32.4 Å². The molecule has 0 heterocycles. The Morgan fingerprint density at radius 1 is 1.24 bits per heavy atom. The number of hydrogen-bond donors (Lipinski definition) is 2. The number of carbonyl (C=O) groups is 1. The molecule has 0 bridgehead atoms. The SMILES string of the molecule is CNCC(C)C(=O)Nc1ccc(OC)c(OCCOC)c1. The molecular weight excluding hydrogens is 272 g/mol. The molecule has 0 aliphatic heterocycles. The first-order chi connectivity index (χ1) is 10.1. The van der Waals surface area contributed by atoms with Crippen molar-refractivity contribution in [1.29, 1.82) is 0 Å². The lowest BCUT2D eigenvalue weighted by molar-refractivity contribution is -0.119. The van der Waals surface area contributed by atoms with Crippen molar-refractivity contribution >= 4 is 11.6 Å². The zero-order valence-electron chi connectivity index (χ0n) is 13.1. The van der Waals surface area contributed by atoms with Gasteiger partial charge in [0, 0.05) is 31.3 Å². The van der Waals surface area contributed by atoms with Gasteiger partial charge in [0.15, 0.2) is 11.5 Å². The van der Waals surface area contributed by atoms with Gasteiger partial charge in [-0.05, 0) is 19.2 Å². The average molecular weight is 296 g/mol. The molecular formula is C15H24N2O4. The number of carbonyl (C=O) groups excluding carboxylic acids is 1. The molecule has 1 atom stereocenters. The van der Waals surface area contributed by atoms with Crippen molar-refractivity contribution in [3.05, 3.63) is 18.2 Å². The highest BCUT2D eigenvalue weighted by Crippen LogP contribution is 2.30. The Morgan fingerprint density at radius 3 is 2.62 bits per heavy atom. The molecule has 0 saturated carbocycles. The van der Waals surface area contributed by atoms with E-state index < -0.39 is 0 Å². The van der Waals surface area contributed by atoms with Crippen LogP contribution in [-0.4, -0.2) is 46.9 Å². The molecule has 6 nitrogen and oxygen atoms in total. The molecule has 0 spiro atoms. The molecule has 0 fully saturated rings. The summed E-state index contributed by atoms with van der Waals surface area (Å²) in [4.78, 5) is 12.0. The van der Waals surface area contributed by atoms with Gasteiger partial charge in [-0.1, -0.05) is 6.92 Å². The van der Waals surface area contributed by atoms with E-state index in [2.05, 4.69) is 10.6 Å². The van der Waals surface area contributed by atoms with Gasteiger partial charge in [-0.25, -0.2) is 0 Å². The average Bonchev–Trinajstić information content (AvgIpc) is 2.48. The molecule has 0 aliphatic carbocycles. The van der Waals surface area contributed by atoms with Crippen LogP contribution in [0.5, 0.6) is 11.5 Å². The minimum absolute atomic E-state index is 0.0441. The van der Waals surface area contributed by atoms with Crippen LogP contribution in [0.2, 0.25) is 0 Å². The fourth-order valence-corrected chi connectivity index (χ4v) is 1.77. The zero-order chi connectivity index (χ0) is 15.7. The highest BCUT2D eigenvalue weighted by molar-refractivity contribution is 5.92. The third-order valence-electron chi connectivity index (χ3n) is 2.93. The highest BCUT2D eigenvalue weighted by atomic mass is 16.5. The van der Waals surface area contributed by atoms with Gasteiger partial charge >= 0.3 is 0 Å². The molecule has 1 amide bonds. The van der Waals surface area contributed by atoms with Crippen LogP contribution in [0.4, 0.5) is 5.69 Å². The number of amides is 1. The monoisotopic (exact) mass is 296 g/mol. The maximum Gasteiger partial charge on any atom is 0.228 e. The fourth-order valence-electron chi connectivity index (χ4n) is 1.77. The van der Waals surface area contributed by atoms with Gasteiger partial charge in [-0.3, -0.25) is 4.79 Å². The maximum atomic E-state index is 12.0. The van der Waals surface area contributed by atoms with Crippen LogP contribution >= 0.6 is 0 Å². The Bertz CT molecular complexity index is 451. The summed E-state index contributed by atoms with van der Waals surface area (Å²) in [5.74, 6) is 1.04.